The van der Waals surface area contributed by atoms with Crippen LogP contribution >= 0.6 is 0 Å². The maximum Gasteiger partial charge on any atom is 0.162 e. The first-order valence-corrected chi connectivity index (χ1v) is 19.8. The number of fused-ring (bicyclic) bond motifs is 9. The van der Waals surface area contributed by atoms with Crippen molar-refractivity contribution in [1.82, 2.24) is 19.1 Å². The van der Waals surface area contributed by atoms with Crippen LogP contribution in [0.5, 0.6) is 0 Å². The van der Waals surface area contributed by atoms with Gasteiger partial charge in [-0.15, -0.1) is 0 Å². The molecule has 0 aliphatic carbocycles. The summed E-state index contributed by atoms with van der Waals surface area (Å²) in [6.45, 7) is 0. The summed E-state index contributed by atoms with van der Waals surface area (Å²) < 4.78 is 4.76. The van der Waals surface area contributed by atoms with Gasteiger partial charge in [0, 0.05) is 43.6 Å². The Balaban J connectivity index is 0.964. The predicted octanol–water partition coefficient (Wildman–Crippen LogP) is 14.1. The van der Waals surface area contributed by atoms with Gasteiger partial charge in [0.25, 0.3) is 0 Å². The molecule has 13 rings (SSSR count). The standard InChI is InChI=1S/C54H32N4/c1-2-16-38-36(13-1)32-49-52-50(38)42-20-4-3-17-39(42)43-22-12-26-48(51(43)52)57(49)37-15-11-14-35(31-37)33-27-29-34(30-28-33)53-55-45-23-8-5-21-44(45)54(56-53)58-46-24-9-6-18-40(46)41-19-7-10-25-47(41)58/h1-32H. The zero-order valence-corrected chi connectivity index (χ0v) is 31.3. The highest BCUT2D eigenvalue weighted by molar-refractivity contribution is 6.39. The molecule has 58 heavy (non-hydrogen) atoms. The second-order valence-electron chi connectivity index (χ2n) is 15.3. The van der Waals surface area contributed by atoms with E-state index in [4.69, 9.17) is 9.97 Å². The number of benzene rings is 10. The van der Waals surface area contributed by atoms with Gasteiger partial charge in [0.1, 0.15) is 5.82 Å². The highest BCUT2D eigenvalue weighted by atomic mass is 15.1. The van der Waals surface area contributed by atoms with Gasteiger partial charge in [-0.2, -0.15) is 0 Å². The zero-order chi connectivity index (χ0) is 37.9. The second kappa shape index (κ2) is 11.8. The molecule has 0 amide bonds. The molecule has 13 aromatic rings. The van der Waals surface area contributed by atoms with Gasteiger partial charge < -0.3 is 4.57 Å². The van der Waals surface area contributed by atoms with E-state index >= 15 is 0 Å². The second-order valence-corrected chi connectivity index (χ2v) is 15.3. The molecule has 3 heterocycles. The van der Waals surface area contributed by atoms with E-state index in [0.717, 1.165) is 50.1 Å². The molecule has 10 aromatic carbocycles. The lowest BCUT2D eigenvalue weighted by molar-refractivity contribution is 1.08. The third kappa shape index (κ3) is 4.34. The summed E-state index contributed by atoms with van der Waals surface area (Å²) in [6.07, 6.45) is 0. The van der Waals surface area contributed by atoms with Crippen LogP contribution < -0.4 is 0 Å². The molecular formula is C54H32N4. The van der Waals surface area contributed by atoms with Crippen molar-refractivity contribution in [2.75, 3.05) is 0 Å². The molecule has 0 saturated carbocycles. The zero-order valence-electron chi connectivity index (χ0n) is 31.3. The van der Waals surface area contributed by atoms with E-state index in [-0.39, 0.29) is 0 Å². The summed E-state index contributed by atoms with van der Waals surface area (Å²) in [5.74, 6) is 1.58. The molecule has 0 N–H and O–H groups in total. The van der Waals surface area contributed by atoms with E-state index in [2.05, 4.69) is 203 Å². The van der Waals surface area contributed by atoms with Crippen LogP contribution in [-0.2, 0) is 0 Å². The first-order valence-electron chi connectivity index (χ1n) is 19.8. The van der Waals surface area contributed by atoms with Gasteiger partial charge in [-0.25, -0.2) is 9.97 Å². The number of hydrogen-bond donors (Lipinski definition) is 0. The van der Waals surface area contributed by atoms with Crippen molar-refractivity contribution >= 4 is 86.8 Å². The maximum absolute atomic E-state index is 5.33. The Kier molecular flexibility index (Phi) is 6.41. The molecule has 0 saturated heterocycles. The largest absolute Gasteiger partial charge is 0.309 e. The topological polar surface area (TPSA) is 35.6 Å². The molecule has 0 aliphatic rings. The Morgan fingerprint density at radius 2 is 0.897 bits per heavy atom. The number of rotatable bonds is 4. The monoisotopic (exact) mass is 736 g/mol. The Bertz CT molecular complexity index is 3730. The fourth-order valence-electron chi connectivity index (χ4n) is 9.75. The lowest BCUT2D eigenvalue weighted by Gasteiger charge is -2.13. The molecule has 268 valence electrons. The average Bonchev–Trinajstić information content (AvgIpc) is 3.81. The van der Waals surface area contributed by atoms with E-state index in [9.17, 15) is 0 Å². The first-order chi connectivity index (χ1) is 28.8. The van der Waals surface area contributed by atoms with Gasteiger partial charge in [0.05, 0.1) is 27.6 Å². The molecule has 0 spiro atoms. The van der Waals surface area contributed by atoms with Gasteiger partial charge in [-0.1, -0.05) is 146 Å². The SMILES string of the molecule is c1cc(-c2ccc(-c3nc(-n4c5ccccc5c5ccccc54)c4ccccc4n3)cc2)cc(-n2c3cccc4c5ccccc5c5c6ccccc6cc2c5c43)c1. The highest BCUT2D eigenvalue weighted by Gasteiger charge is 2.22. The summed E-state index contributed by atoms with van der Waals surface area (Å²) in [5.41, 5.74) is 10.0. The maximum atomic E-state index is 5.33. The average molecular weight is 737 g/mol. The summed E-state index contributed by atoms with van der Waals surface area (Å²) in [6, 6.07) is 70.0. The van der Waals surface area contributed by atoms with Crippen LogP contribution in [0.2, 0.25) is 0 Å². The summed E-state index contributed by atoms with van der Waals surface area (Å²) >= 11 is 0. The van der Waals surface area contributed by atoms with E-state index in [1.54, 1.807) is 0 Å². The molecular weight excluding hydrogens is 705 g/mol. The quantitative estimate of drug-likeness (QED) is 0.169. The van der Waals surface area contributed by atoms with Crippen molar-refractivity contribution in [3.63, 3.8) is 0 Å². The fourth-order valence-corrected chi connectivity index (χ4v) is 9.75. The molecule has 0 atom stereocenters. The van der Waals surface area contributed by atoms with Crippen molar-refractivity contribution in [2.45, 2.75) is 0 Å². The summed E-state index contributed by atoms with van der Waals surface area (Å²) in [4.78, 5) is 10.4. The fraction of sp³-hybridized carbons (Fsp3) is 0. The third-order valence-electron chi connectivity index (χ3n) is 12.2. The van der Waals surface area contributed by atoms with Crippen molar-refractivity contribution in [2.24, 2.45) is 0 Å². The van der Waals surface area contributed by atoms with Gasteiger partial charge in [-0.3, -0.25) is 4.57 Å². The molecule has 0 bridgehead atoms. The Morgan fingerprint density at radius 3 is 1.69 bits per heavy atom. The van der Waals surface area contributed by atoms with Gasteiger partial charge in [0.2, 0.25) is 0 Å². The summed E-state index contributed by atoms with van der Waals surface area (Å²) in [7, 11) is 0. The highest BCUT2D eigenvalue weighted by Crippen LogP contribution is 2.46. The first kappa shape index (κ1) is 31.4. The van der Waals surface area contributed by atoms with E-state index in [1.165, 1.54) is 64.9 Å². The molecule has 0 fully saturated rings. The van der Waals surface area contributed by atoms with Crippen molar-refractivity contribution in [3.8, 4) is 34.0 Å². The molecule has 4 heteroatoms. The van der Waals surface area contributed by atoms with Crippen LogP contribution in [0, 0.1) is 0 Å². The minimum absolute atomic E-state index is 0.700. The number of nitrogens with zero attached hydrogens (tertiary/aromatic N) is 4. The third-order valence-corrected chi connectivity index (χ3v) is 12.2. The van der Waals surface area contributed by atoms with Crippen LogP contribution in [-0.4, -0.2) is 19.1 Å². The Labute approximate surface area is 332 Å². The Hall–Kier alpha value is -7.82. The van der Waals surface area contributed by atoms with E-state index in [1.807, 2.05) is 0 Å². The predicted molar refractivity (Wildman–Crippen MR) is 243 cm³/mol. The lowest BCUT2D eigenvalue weighted by Crippen LogP contribution is -2.02. The van der Waals surface area contributed by atoms with Crippen LogP contribution in [0.25, 0.3) is 121 Å². The molecule has 4 nitrogen and oxygen atoms in total. The van der Waals surface area contributed by atoms with Crippen LogP contribution in [0.15, 0.2) is 194 Å². The Morgan fingerprint density at radius 1 is 0.310 bits per heavy atom. The van der Waals surface area contributed by atoms with Crippen LogP contribution in [0.4, 0.5) is 0 Å². The molecule has 0 aliphatic heterocycles. The lowest BCUT2D eigenvalue weighted by atomic mass is 9.91. The summed E-state index contributed by atoms with van der Waals surface area (Å²) in [5, 5.41) is 13.8. The molecule has 0 unspecified atom stereocenters. The number of para-hydroxylation sites is 3. The minimum Gasteiger partial charge on any atom is -0.309 e. The smallest absolute Gasteiger partial charge is 0.162 e. The van der Waals surface area contributed by atoms with Crippen LogP contribution in [0.1, 0.15) is 0 Å². The van der Waals surface area contributed by atoms with Crippen LogP contribution in [0.3, 0.4) is 0 Å². The van der Waals surface area contributed by atoms with E-state index < -0.39 is 0 Å². The molecule has 3 aromatic heterocycles. The van der Waals surface area contributed by atoms with Crippen molar-refractivity contribution in [3.05, 3.63) is 194 Å². The van der Waals surface area contributed by atoms with Crippen molar-refractivity contribution in [1.29, 1.82) is 0 Å². The number of hydrogen-bond acceptors (Lipinski definition) is 2. The van der Waals surface area contributed by atoms with Gasteiger partial charge >= 0.3 is 0 Å². The van der Waals surface area contributed by atoms with Gasteiger partial charge in [0.15, 0.2) is 5.82 Å². The number of aromatic nitrogens is 4. The normalized spacial score (nSPS) is 12.1. The van der Waals surface area contributed by atoms with Gasteiger partial charge in [-0.05, 0) is 86.6 Å². The van der Waals surface area contributed by atoms with E-state index in [0.29, 0.717) is 5.82 Å². The minimum atomic E-state index is 0.700. The van der Waals surface area contributed by atoms with Crippen molar-refractivity contribution < 1.29 is 0 Å². The molecule has 0 radical (unpaired) electrons.